The Bertz CT molecular complexity index is 850. The zero-order valence-electron chi connectivity index (χ0n) is 15.3. The highest BCUT2D eigenvalue weighted by molar-refractivity contribution is 5.40. The van der Waals surface area contributed by atoms with Crippen molar-refractivity contribution in [1.82, 2.24) is 20.2 Å². The van der Waals surface area contributed by atoms with Crippen molar-refractivity contribution in [3.05, 3.63) is 71.5 Å². The molecule has 1 saturated carbocycles. The summed E-state index contributed by atoms with van der Waals surface area (Å²) in [6.45, 7) is 3.06. The number of nitrogens with zero attached hydrogens (tertiary/aromatic N) is 4. The fourth-order valence-corrected chi connectivity index (χ4v) is 4.09. The van der Waals surface area contributed by atoms with Crippen molar-refractivity contribution < 1.29 is 5.32 Å². The van der Waals surface area contributed by atoms with Crippen LogP contribution in [0.5, 0.6) is 0 Å². The Kier molecular flexibility index (Phi) is 4.80. The molecule has 5 nitrogen and oxygen atoms in total. The Balaban J connectivity index is 1.70. The van der Waals surface area contributed by atoms with Crippen LogP contribution in [0.25, 0.3) is 5.69 Å². The van der Waals surface area contributed by atoms with Crippen molar-refractivity contribution in [2.24, 2.45) is 0 Å². The molecular formula is C21H26N5+. The predicted octanol–water partition coefficient (Wildman–Crippen LogP) is 2.89. The lowest BCUT2D eigenvalue weighted by atomic mass is 9.80. The summed E-state index contributed by atoms with van der Waals surface area (Å²) >= 11 is 0. The largest absolute Gasteiger partial charge is 0.331 e. The highest BCUT2D eigenvalue weighted by Crippen LogP contribution is 2.33. The maximum atomic E-state index is 4.51. The molecule has 0 bridgehead atoms. The molecule has 0 atom stereocenters. The Labute approximate surface area is 154 Å². The van der Waals surface area contributed by atoms with Crippen LogP contribution in [0.3, 0.4) is 0 Å². The minimum Gasteiger partial charge on any atom is -0.331 e. The van der Waals surface area contributed by atoms with Crippen molar-refractivity contribution in [2.75, 3.05) is 0 Å². The van der Waals surface area contributed by atoms with E-state index in [0.717, 1.165) is 30.9 Å². The lowest BCUT2D eigenvalue weighted by Crippen LogP contribution is -2.94. The Morgan fingerprint density at radius 2 is 1.69 bits per heavy atom. The fourth-order valence-electron chi connectivity index (χ4n) is 4.09. The summed E-state index contributed by atoms with van der Waals surface area (Å²) in [6.07, 6.45) is 5.99. The van der Waals surface area contributed by atoms with Crippen molar-refractivity contribution >= 4 is 0 Å². The molecular weight excluding hydrogens is 322 g/mol. The third-order valence-corrected chi connectivity index (χ3v) is 5.58. The van der Waals surface area contributed by atoms with Gasteiger partial charge in [-0.05, 0) is 41.8 Å². The van der Waals surface area contributed by atoms with Crippen molar-refractivity contribution in [2.45, 2.75) is 51.1 Å². The third-order valence-electron chi connectivity index (χ3n) is 5.58. The first kappa shape index (κ1) is 16.9. The number of rotatable bonds is 5. The zero-order chi connectivity index (χ0) is 17.8. The molecule has 3 aromatic rings. The molecule has 4 rings (SSSR count). The van der Waals surface area contributed by atoms with Crippen LogP contribution in [-0.2, 0) is 12.1 Å². The van der Waals surface area contributed by atoms with Crippen LogP contribution >= 0.6 is 0 Å². The van der Waals surface area contributed by atoms with Crippen LogP contribution in [0, 0.1) is 6.92 Å². The zero-order valence-corrected chi connectivity index (χ0v) is 15.3. The van der Waals surface area contributed by atoms with E-state index in [0.29, 0.717) is 0 Å². The van der Waals surface area contributed by atoms with E-state index in [-0.39, 0.29) is 5.54 Å². The second-order valence-electron chi connectivity index (χ2n) is 7.31. The summed E-state index contributed by atoms with van der Waals surface area (Å²) in [4.78, 5) is 0. The molecule has 2 aromatic carbocycles. The first-order valence-electron chi connectivity index (χ1n) is 9.52. The number of nitrogens with two attached hydrogens (primary N) is 1. The molecule has 0 amide bonds. The minimum absolute atomic E-state index is 0.0557. The lowest BCUT2D eigenvalue weighted by Gasteiger charge is -2.33. The van der Waals surface area contributed by atoms with E-state index in [2.05, 4.69) is 82.4 Å². The van der Waals surface area contributed by atoms with Gasteiger partial charge in [-0.3, -0.25) is 0 Å². The molecule has 0 radical (unpaired) electrons. The van der Waals surface area contributed by atoms with Gasteiger partial charge in [0.2, 0.25) is 5.82 Å². The van der Waals surface area contributed by atoms with Gasteiger partial charge < -0.3 is 5.32 Å². The van der Waals surface area contributed by atoms with Crippen molar-refractivity contribution in [3.63, 3.8) is 0 Å². The maximum Gasteiger partial charge on any atom is 0.217 e. The standard InChI is InChI=1S/C21H25N5/c1-17-10-6-7-13-19(17)26-20(23-24-25-26)21(14-8-3-9-15-21)22-16-18-11-4-2-5-12-18/h2,4-7,10-13,22H,3,8-9,14-16H2,1H3/p+1. The highest BCUT2D eigenvalue weighted by atomic mass is 15.6. The van der Waals surface area contributed by atoms with Gasteiger partial charge in [0.05, 0.1) is 5.69 Å². The number of quaternary nitrogens is 1. The molecule has 134 valence electrons. The molecule has 1 aliphatic carbocycles. The summed E-state index contributed by atoms with van der Waals surface area (Å²) in [5, 5.41) is 15.4. The summed E-state index contributed by atoms with van der Waals surface area (Å²) < 4.78 is 1.96. The Hall–Kier alpha value is -2.53. The van der Waals surface area contributed by atoms with Gasteiger partial charge >= 0.3 is 0 Å². The number of hydrogen-bond donors (Lipinski definition) is 1. The SMILES string of the molecule is Cc1ccccc1-n1nnnc1C1([NH2+]Cc2ccccc2)CCCCC1. The van der Waals surface area contributed by atoms with Gasteiger partial charge in [0, 0.05) is 18.4 Å². The molecule has 26 heavy (non-hydrogen) atoms. The number of hydrogen-bond acceptors (Lipinski definition) is 3. The molecule has 1 aliphatic rings. The van der Waals surface area contributed by atoms with Crippen LogP contribution in [0.4, 0.5) is 0 Å². The summed E-state index contributed by atoms with van der Waals surface area (Å²) in [5.74, 6) is 0.988. The lowest BCUT2D eigenvalue weighted by molar-refractivity contribution is -0.755. The smallest absolute Gasteiger partial charge is 0.217 e. The average Bonchev–Trinajstić information content (AvgIpc) is 3.19. The number of aromatic nitrogens is 4. The molecule has 0 aliphatic heterocycles. The van der Waals surface area contributed by atoms with Gasteiger partial charge in [0.1, 0.15) is 6.54 Å². The second-order valence-corrected chi connectivity index (χ2v) is 7.31. The maximum absolute atomic E-state index is 4.51. The number of para-hydroxylation sites is 1. The van der Waals surface area contributed by atoms with Gasteiger partial charge in [-0.25, -0.2) is 0 Å². The summed E-state index contributed by atoms with van der Waals surface area (Å²) in [7, 11) is 0. The van der Waals surface area contributed by atoms with E-state index in [1.165, 1.54) is 30.4 Å². The van der Waals surface area contributed by atoms with Crippen LogP contribution < -0.4 is 5.32 Å². The molecule has 0 saturated heterocycles. The minimum atomic E-state index is -0.0557. The van der Waals surface area contributed by atoms with Gasteiger partial charge in [-0.2, -0.15) is 4.68 Å². The van der Waals surface area contributed by atoms with E-state index in [1.807, 2.05) is 4.68 Å². The first-order chi connectivity index (χ1) is 12.8. The van der Waals surface area contributed by atoms with E-state index in [9.17, 15) is 0 Å². The van der Waals surface area contributed by atoms with Crippen molar-refractivity contribution in [3.8, 4) is 5.69 Å². The van der Waals surface area contributed by atoms with Gasteiger partial charge in [-0.1, -0.05) is 55.0 Å². The van der Waals surface area contributed by atoms with E-state index in [4.69, 9.17) is 0 Å². The molecule has 2 N–H and O–H groups in total. The molecule has 1 aromatic heterocycles. The second kappa shape index (κ2) is 7.38. The topological polar surface area (TPSA) is 60.2 Å². The molecule has 0 unspecified atom stereocenters. The first-order valence-corrected chi connectivity index (χ1v) is 9.52. The normalized spacial score (nSPS) is 16.5. The van der Waals surface area contributed by atoms with Crippen LogP contribution in [-0.4, -0.2) is 20.2 Å². The monoisotopic (exact) mass is 348 g/mol. The average molecular weight is 348 g/mol. The van der Waals surface area contributed by atoms with E-state index >= 15 is 0 Å². The number of benzene rings is 2. The number of tetrazole rings is 1. The van der Waals surface area contributed by atoms with Gasteiger partial charge in [0.25, 0.3) is 0 Å². The Morgan fingerprint density at radius 3 is 2.46 bits per heavy atom. The van der Waals surface area contributed by atoms with E-state index < -0.39 is 0 Å². The Morgan fingerprint density at radius 1 is 0.962 bits per heavy atom. The van der Waals surface area contributed by atoms with Crippen LogP contribution in [0.15, 0.2) is 54.6 Å². The molecule has 5 heteroatoms. The molecule has 1 heterocycles. The van der Waals surface area contributed by atoms with Crippen LogP contribution in [0.1, 0.15) is 49.1 Å². The summed E-state index contributed by atoms with van der Waals surface area (Å²) in [5.41, 5.74) is 3.55. The third kappa shape index (κ3) is 3.27. The van der Waals surface area contributed by atoms with Gasteiger partial charge in [-0.15, -0.1) is 5.10 Å². The summed E-state index contributed by atoms with van der Waals surface area (Å²) in [6, 6.07) is 19.0. The van der Waals surface area contributed by atoms with Crippen molar-refractivity contribution in [1.29, 1.82) is 0 Å². The van der Waals surface area contributed by atoms with Crippen LogP contribution in [0.2, 0.25) is 0 Å². The molecule has 0 spiro atoms. The fraction of sp³-hybridized carbons (Fsp3) is 0.381. The van der Waals surface area contributed by atoms with Gasteiger partial charge in [0.15, 0.2) is 5.54 Å². The molecule has 1 fully saturated rings. The van der Waals surface area contributed by atoms with E-state index in [1.54, 1.807) is 0 Å². The quantitative estimate of drug-likeness (QED) is 0.771. The predicted molar refractivity (Wildman–Crippen MR) is 101 cm³/mol. The number of aryl methyl sites for hydroxylation is 1. The highest BCUT2D eigenvalue weighted by Gasteiger charge is 2.42.